The van der Waals surface area contributed by atoms with Crippen molar-refractivity contribution in [3.05, 3.63) is 93.5 Å². The van der Waals surface area contributed by atoms with Crippen LogP contribution in [0.1, 0.15) is 44.4 Å². The Bertz CT molecular complexity index is 1560. The van der Waals surface area contributed by atoms with Crippen molar-refractivity contribution in [2.45, 2.75) is 26.3 Å². The average Bonchev–Trinajstić information content (AvgIpc) is 3.58. The van der Waals surface area contributed by atoms with E-state index in [1.807, 2.05) is 49.4 Å². The van der Waals surface area contributed by atoms with Crippen LogP contribution in [0.5, 0.6) is 5.75 Å². The van der Waals surface area contributed by atoms with Crippen LogP contribution in [-0.2, 0) is 6.54 Å². The summed E-state index contributed by atoms with van der Waals surface area (Å²) in [4.78, 5) is 17.1. The van der Waals surface area contributed by atoms with Gasteiger partial charge in [0.05, 0.1) is 13.0 Å². The summed E-state index contributed by atoms with van der Waals surface area (Å²) in [5.74, 6) is 0.929. The van der Waals surface area contributed by atoms with Crippen LogP contribution in [0.15, 0.2) is 71.3 Å². The van der Waals surface area contributed by atoms with Gasteiger partial charge in [-0.05, 0) is 66.1 Å². The summed E-state index contributed by atoms with van der Waals surface area (Å²) in [6.07, 6.45) is 0. The number of methoxy groups -OCH3 is 1. The molecule has 8 heteroatoms. The van der Waals surface area contributed by atoms with Crippen LogP contribution in [0.2, 0.25) is 0 Å². The van der Waals surface area contributed by atoms with Gasteiger partial charge in [-0.25, -0.2) is 4.79 Å². The largest absolute Gasteiger partial charge is 0.497 e. The lowest BCUT2D eigenvalue weighted by atomic mass is 9.97. The smallest absolute Gasteiger partial charge is 0.345 e. The second-order valence-electron chi connectivity index (χ2n) is 8.60. The number of hydrogen-bond donors (Lipinski definition) is 2. The molecule has 5 rings (SSSR count). The number of aromatic nitrogens is 2. The molecule has 2 N–H and O–H groups in total. The fourth-order valence-corrected chi connectivity index (χ4v) is 4.82. The van der Waals surface area contributed by atoms with E-state index >= 15 is 0 Å². The Morgan fingerprint density at radius 1 is 1.08 bits per heavy atom. The van der Waals surface area contributed by atoms with Crippen LogP contribution >= 0.6 is 11.3 Å². The number of aryl methyl sites for hydroxylation is 1. The zero-order valence-electron chi connectivity index (χ0n) is 20.1. The lowest BCUT2D eigenvalue weighted by Crippen LogP contribution is -2.00. The number of thiophene rings is 1. The molecule has 0 spiro atoms. The van der Waals surface area contributed by atoms with Gasteiger partial charge in [-0.2, -0.15) is 4.98 Å². The summed E-state index contributed by atoms with van der Waals surface area (Å²) in [7, 11) is 1.67. The Balaban J connectivity index is 1.34. The van der Waals surface area contributed by atoms with E-state index in [2.05, 4.69) is 40.6 Å². The van der Waals surface area contributed by atoms with Crippen molar-refractivity contribution >= 4 is 33.8 Å². The van der Waals surface area contributed by atoms with E-state index in [0.29, 0.717) is 23.1 Å². The number of nitrogens with zero attached hydrogens (tertiary/aromatic N) is 2. The number of carboxylic acids is 1. The van der Waals surface area contributed by atoms with Gasteiger partial charge in [-0.1, -0.05) is 41.6 Å². The first-order valence-electron chi connectivity index (χ1n) is 11.5. The van der Waals surface area contributed by atoms with Crippen molar-refractivity contribution < 1.29 is 19.2 Å². The topological polar surface area (TPSA) is 97.5 Å². The number of aromatic carboxylic acids is 1. The lowest BCUT2D eigenvalue weighted by Gasteiger charge is -2.10. The number of anilines is 1. The fraction of sp³-hybridized carbons (Fsp3) is 0.179. The molecule has 2 aromatic heterocycles. The molecular formula is C28H25N3O4S. The molecule has 0 bridgehead atoms. The molecule has 7 nitrogen and oxygen atoms in total. The van der Waals surface area contributed by atoms with Crippen molar-refractivity contribution in [1.82, 2.24) is 10.1 Å². The molecule has 0 aliphatic heterocycles. The van der Waals surface area contributed by atoms with Crippen molar-refractivity contribution in [2.24, 2.45) is 0 Å². The highest BCUT2D eigenvalue weighted by molar-refractivity contribution is 7.13. The van der Waals surface area contributed by atoms with E-state index in [4.69, 9.17) is 14.4 Å². The van der Waals surface area contributed by atoms with Gasteiger partial charge < -0.3 is 19.7 Å². The molecule has 1 atom stereocenters. The van der Waals surface area contributed by atoms with Crippen LogP contribution in [-0.4, -0.2) is 28.3 Å². The predicted octanol–water partition coefficient (Wildman–Crippen LogP) is 6.73. The first-order valence-corrected chi connectivity index (χ1v) is 12.3. The maximum atomic E-state index is 11.1. The van der Waals surface area contributed by atoms with E-state index < -0.39 is 5.97 Å². The molecule has 0 unspecified atom stereocenters. The van der Waals surface area contributed by atoms with Crippen LogP contribution in [0.25, 0.3) is 22.2 Å². The number of benzene rings is 3. The molecule has 0 radical (unpaired) electrons. The summed E-state index contributed by atoms with van der Waals surface area (Å²) in [5, 5.41) is 19.0. The first kappa shape index (κ1) is 23.6. The average molecular weight is 500 g/mol. The van der Waals surface area contributed by atoms with E-state index in [0.717, 1.165) is 43.8 Å². The van der Waals surface area contributed by atoms with Gasteiger partial charge in [-0.3, -0.25) is 0 Å². The summed E-state index contributed by atoms with van der Waals surface area (Å²) in [6.45, 7) is 4.60. The first-order chi connectivity index (χ1) is 17.4. The van der Waals surface area contributed by atoms with E-state index in [-0.39, 0.29) is 5.92 Å². The van der Waals surface area contributed by atoms with Gasteiger partial charge in [0.2, 0.25) is 11.7 Å². The van der Waals surface area contributed by atoms with E-state index in [9.17, 15) is 4.79 Å². The predicted molar refractivity (Wildman–Crippen MR) is 141 cm³/mol. The van der Waals surface area contributed by atoms with Crippen molar-refractivity contribution in [2.75, 3.05) is 12.4 Å². The number of nitrogens with one attached hydrogen (secondary N) is 1. The number of carboxylic acid groups (broad SMARTS) is 1. The number of fused-ring (bicyclic) bond motifs is 1. The van der Waals surface area contributed by atoms with Crippen molar-refractivity contribution in [3.63, 3.8) is 0 Å². The summed E-state index contributed by atoms with van der Waals surface area (Å²) in [6, 6.07) is 21.7. The van der Waals surface area contributed by atoms with E-state index in [1.165, 1.54) is 11.3 Å². The van der Waals surface area contributed by atoms with Crippen LogP contribution < -0.4 is 10.1 Å². The van der Waals surface area contributed by atoms with Gasteiger partial charge in [0.25, 0.3) is 0 Å². The summed E-state index contributed by atoms with van der Waals surface area (Å²) >= 11 is 1.27. The van der Waals surface area contributed by atoms with Gasteiger partial charge in [0.1, 0.15) is 10.6 Å². The lowest BCUT2D eigenvalue weighted by molar-refractivity contribution is 0.0702. The summed E-state index contributed by atoms with van der Waals surface area (Å²) < 4.78 is 11.0. The molecule has 3 aromatic carbocycles. The number of rotatable bonds is 8. The third kappa shape index (κ3) is 4.81. The Labute approximate surface area is 212 Å². The molecule has 0 aliphatic carbocycles. The van der Waals surface area contributed by atoms with Crippen molar-refractivity contribution in [3.8, 4) is 17.1 Å². The molecule has 5 aromatic rings. The Morgan fingerprint density at radius 3 is 2.67 bits per heavy atom. The minimum Gasteiger partial charge on any atom is -0.497 e. The minimum absolute atomic E-state index is 0.0666. The fourth-order valence-electron chi connectivity index (χ4n) is 4.03. The number of hydrogen-bond acceptors (Lipinski definition) is 7. The molecule has 2 heterocycles. The van der Waals surface area contributed by atoms with Gasteiger partial charge >= 0.3 is 5.97 Å². The SMILES string of the molecule is COc1ccc2cc([C@H](C)c3nc(-c4ccc(C)c(NCc5ccc(C(=O)O)s5)c4)no3)ccc2c1. The summed E-state index contributed by atoms with van der Waals surface area (Å²) in [5.41, 5.74) is 3.93. The highest BCUT2D eigenvalue weighted by Crippen LogP contribution is 2.30. The molecule has 0 fully saturated rings. The van der Waals surface area contributed by atoms with Crippen LogP contribution in [0.3, 0.4) is 0 Å². The van der Waals surface area contributed by atoms with Gasteiger partial charge in [0, 0.05) is 22.7 Å². The maximum absolute atomic E-state index is 11.1. The molecule has 182 valence electrons. The normalized spacial score (nSPS) is 12.0. The quantitative estimate of drug-likeness (QED) is 0.244. The Hall–Kier alpha value is -4.17. The van der Waals surface area contributed by atoms with Crippen molar-refractivity contribution in [1.29, 1.82) is 0 Å². The van der Waals surface area contributed by atoms with Gasteiger partial charge in [-0.15, -0.1) is 11.3 Å². The molecule has 0 amide bonds. The maximum Gasteiger partial charge on any atom is 0.345 e. The van der Waals surface area contributed by atoms with Gasteiger partial charge in [0.15, 0.2) is 0 Å². The standard InChI is InChI=1S/C28H25N3O4S/c1-16-4-5-21(14-24(16)29-15-23-10-11-25(36-23)28(32)33)26-30-27(35-31-26)17(2)18-6-7-20-13-22(34-3)9-8-19(20)12-18/h4-14,17,29H,15H2,1-3H3,(H,32,33)/t17-/m0/s1. The molecular weight excluding hydrogens is 474 g/mol. The molecule has 0 saturated heterocycles. The highest BCUT2D eigenvalue weighted by Gasteiger charge is 2.18. The number of carbonyl (C=O) groups is 1. The molecule has 36 heavy (non-hydrogen) atoms. The third-order valence-electron chi connectivity index (χ3n) is 6.20. The molecule has 0 saturated carbocycles. The zero-order valence-corrected chi connectivity index (χ0v) is 20.9. The third-order valence-corrected chi connectivity index (χ3v) is 7.28. The Kier molecular flexibility index (Phi) is 6.43. The molecule has 0 aliphatic rings. The second-order valence-corrected chi connectivity index (χ2v) is 9.77. The minimum atomic E-state index is -0.907. The van der Waals surface area contributed by atoms with Crippen LogP contribution in [0.4, 0.5) is 5.69 Å². The highest BCUT2D eigenvalue weighted by atomic mass is 32.1. The number of ether oxygens (including phenoxy) is 1. The van der Waals surface area contributed by atoms with Crippen LogP contribution in [0, 0.1) is 6.92 Å². The van der Waals surface area contributed by atoms with E-state index in [1.54, 1.807) is 13.2 Å². The zero-order chi connectivity index (χ0) is 25.2. The second kappa shape index (κ2) is 9.83. The Morgan fingerprint density at radius 2 is 1.89 bits per heavy atom. The monoisotopic (exact) mass is 499 g/mol.